The van der Waals surface area contributed by atoms with E-state index in [0.29, 0.717) is 19.1 Å². The molecule has 2 aromatic carbocycles. The molecule has 1 saturated carbocycles. The van der Waals surface area contributed by atoms with Crippen LogP contribution in [0.4, 0.5) is 0 Å². The van der Waals surface area contributed by atoms with Crippen LogP contribution in [0.25, 0.3) is 10.9 Å². The maximum atomic E-state index is 13.3. The van der Waals surface area contributed by atoms with Crippen molar-refractivity contribution >= 4 is 10.9 Å². The number of aromatic amines is 1. The molecule has 2 heterocycles. The molecule has 7 heteroatoms. The van der Waals surface area contributed by atoms with E-state index in [9.17, 15) is 4.79 Å². The number of nitrogens with one attached hydrogen (secondary N) is 1. The van der Waals surface area contributed by atoms with E-state index in [0.717, 1.165) is 40.7 Å². The van der Waals surface area contributed by atoms with E-state index in [4.69, 9.17) is 0 Å². The van der Waals surface area contributed by atoms with Crippen LogP contribution in [-0.2, 0) is 13.1 Å². The van der Waals surface area contributed by atoms with E-state index in [2.05, 4.69) is 83.4 Å². The zero-order chi connectivity index (χ0) is 25.9. The first-order valence-corrected chi connectivity index (χ1v) is 13.6. The largest absolute Gasteiger partial charge is 0.322 e. The minimum Gasteiger partial charge on any atom is -0.322 e. The van der Waals surface area contributed by atoms with Gasteiger partial charge in [-0.25, -0.2) is 4.68 Å². The lowest BCUT2D eigenvalue weighted by Crippen LogP contribution is -2.43. The summed E-state index contributed by atoms with van der Waals surface area (Å²) >= 11 is 0. The van der Waals surface area contributed by atoms with Gasteiger partial charge in [-0.2, -0.15) is 0 Å². The normalized spacial score (nSPS) is 15.6. The molecule has 0 unspecified atom stereocenters. The van der Waals surface area contributed by atoms with Gasteiger partial charge >= 0.3 is 0 Å². The second kappa shape index (κ2) is 11.0. The van der Waals surface area contributed by atoms with Gasteiger partial charge in [-0.3, -0.25) is 9.69 Å². The van der Waals surface area contributed by atoms with Crippen molar-refractivity contribution < 1.29 is 0 Å². The fourth-order valence-corrected chi connectivity index (χ4v) is 6.02. The Kier molecular flexibility index (Phi) is 7.51. The van der Waals surface area contributed by atoms with Crippen LogP contribution in [0.5, 0.6) is 0 Å². The number of aryl methyl sites for hydroxylation is 2. The highest BCUT2D eigenvalue weighted by atomic mass is 16.1. The molecule has 7 nitrogen and oxygen atoms in total. The molecule has 1 aliphatic rings. The van der Waals surface area contributed by atoms with E-state index in [-0.39, 0.29) is 17.5 Å². The lowest BCUT2D eigenvalue weighted by Gasteiger charge is -2.41. The zero-order valence-corrected chi connectivity index (χ0v) is 22.4. The maximum Gasteiger partial charge on any atom is 0.252 e. The van der Waals surface area contributed by atoms with E-state index < -0.39 is 0 Å². The standard InChI is InChI=1S/C30H38N6O/c1-20(2)28(29-32-33-34-36(29)18-23-11-7-5-8-12-23)35(25-13-9-6-10-14-25)19-24-17-26-22(4)15-21(3)16-27(26)31-30(24)37/h5,7-8,11-12,15-17,20,25,28H,6,9-10,13-14,18-19H2,1-4H3,(H,31,37)/t28-/m0/s1. The Morgan fingerprint density at radius 3 is 2.54 bits per heavy atom. The van der Waals surface area contributed by atoms with Gasteiger partial charge in [0.2, 0.25) is 0 Å². The summed E-state index contributed by atoms with van der Waals surface area (Å²) < 4.78 is 1.94. The monoisotopic (exact) mass is 498 g/mol. The van der Waals surface area contributed by atoms with E-state index >= 15 is 0 Å². The highest BCUT2D eigenvalue weighted by Gasteiger charge is 2.35. The third kappa shape index (κ3) is 5.52. The average Bonchev–Trinajstić information content (AvgIpc) is 3.32. The number of fused-ring (bicyclic) bond motifs is 1. The Morgan fingerprint density at radius 2 is 1.81 bits per heavy atom. The summed E-state index contributed by atoms with van der Waals surface area (Å²) in [4.78, 5) is 19.0. The number of hydrogen-bond acceptors (Lipinski definition) is 5. The Balaban J connectivity index is 1.55. The SMILES string of the molecule is Cc1cc(C)c2cc(CN(C3CCCCC3)[C@H](c3nnnn3Cc3ccccc3)C(C)C)c(=O)[nH]c2c1. The molecule has 0 saturated heterocycles. The van der Waals surface area contributed by atoms with Crippen LogP contribution in [0.2, 0.25) is 0 Å². The van der Waals surface area contributed by atoms with Crippen LogP contribution in [0, 0.1) is 19.8 Å². The molecule has 0 spiro atoms. The first kappa shape index (κ1) is 25.3. The number of pyridine rings is 1. The molecule has 0 bridgehead atoms. The second-order valence-corrected chi connectivity index (χ2v) is 11.0. The van der Waals surface area contributed by atoms with Crippen LogP contribution in [0.3, 0.4) is 0 Å². The van der Waals surface area contributed by atoms with Gasteiger partial charge in [0, 0.05) is 29.1 Å². The van der Waals surface area contributed by atoms with Crippen LogP contribution in [0.1, 0.15) is 80.1 Å². The number of aromatic nitrogens is 5. The van der Waals surface area contributed by atoms with Gasteiger partial charge in [-0.15, -0.1) is 5.10 Å². The van der Waals surface area contributed by atoms with Crippen LogP contribution >= 0.6 is 0 Å². The maximum absolute atomic E-state index is 13.3. The lowest BCUT2D eigenvalue weighted by atomic mass is 9.90. The topological polar surface area (TPSA) is 79.7 Å². The molecule has 2 aromatic heterocycles. The summed E-state index contributed by atoms with van der Waals surface area (Å²) in [6, 6.07) is 17.0. The van der Waals surface area contributed by atoms with Gasteiger partial charge in [0.15, 0.2) is 5.82 Å². The Hall–Kier alpha value is -3.32. The number of H-pyrrole nitrogens is 1. The third-order valence-electron chi connectivity index (χ3n) is 7.77. The highest BCUT2D eigenvalue weighted by molar-refractivity contribution is 5.83. The molecule has 5 rings (SSSR count). The predicted octanol–water partition coefficient (Wildman–Crippen LogP) is 5.71. The predicted molar refractivity (Wildman–Crippen MR) is 147 cm³/mol. The zero-order valence-electron chi connectivity index (χ0n) is 22.4. The number of hydrogen-bond donors (Lipinski definition) is 1. The Labute approximate surface area is 218 Å². The van der Waals surface area contributed by atoms with Gasteiger partial charge in [-0.05, 0) is 71.9 Å². The van der Waals surface area contributed by atoms with Gasteiger partial charge in [0.05, 0.1) is 12.6 Å². The first-order chi connectivity index (χ1) is 17.9. The van der Waals surface area contributed by atoms with Crippen molar-refractivity contribution in [1.82, 2.24) is 30.1 Å². The molecule has 1 aliphatic carbocycles. The van der Waals surface area contributed by atoms with Gasteiger partial charge in [0.25, 0.3) is 5.56 Å². The van der Waals surface area contributed by atoms with Crippen molar-refractivity contribution in [2.45, 2.75) is 85.0 Å². The van der Waals surface area contributed by atoms with Crippen LogP contribution < -0.4 is 5.56 Å². The van der Waals surface area contributed by atoms with E-state index in [1.807, 2.05) is 22.9 Å². The minimum absolute atomic E-state index is 0.00368. The van der Waals surface area contributed by atoms with Gasteiger partial charge in [0.1, 0.15) is 0 Å². The molecular weight excluding hydrogens is 460 g/mol. The van der Waals surface area contributed by atoms with Crippen molar-refractivity contribution in [2.75, 3.05) is 0 Å². The quantitative estimate of drug-likeness (QED) is 0.336. The first-order valence-electron chi connectivity index (χ1n) is 13.6. The Morgan fingerprint density at radius 1 is 1.05 bits per heavy atom. The molecular formula is C30H38N6O. The van der Waals surface area contributed by atoms with E-state index in [1.165, 1.54) is 30.4 Å². The van der Waals surface area contributed by atoms with Crippen molar-refractivity contribution in [3.05, 3.63) is 87.0 Å². The average molecular weight is 499 g/mol. The van der Waals surface area contributed by atoms with Crippen molar-refractivity contribution in [3.8, 4) is 0 Å². The van der Waals surface area contributed by atoms with Crippen LogP contribution in [-0.4, -0.2) is 36.1 Å². The van der Waals surface area contributed by atoms with Crippen molar-refractivity contribution in [1.29, 1.82) is 0 Å². The van der Waals surface area contributed by atoms with Gasteiger partial charge < -0.3 is 4.98 Å². The van der Waals surface area contributed by atoms with Gasteiger partial charge in [-0.1, -0.05) is 69.5 Å². The second-order valence-electron chi connectivity index (χ2n) is 11.0. The lowest BCUT2D eigenvalue weighted by molar-refractivity contribution is 0.0611. The molecule has 194 valence electrons. The summed E-state index contributed by atoms with van der Waals surface area (Å²) in [5, 5.41) is 14.2. The highest BCUT2D eigenvalue weighted by Crippen LogP contribution is 2.35. The Bertz CT molecular complexity index is 1400. The van der Waals surface area contributed by atoms with E-state index in [1.54, 1.807) is 0 Å². The third-order valence-corrected chi connectivity index (χ3v) is 7.77. The summed E-state index contributed by atoms with van der Waals surface area (Å²) in [5.74, 6) is 1.14. The van der Waals surface area contributed by atoms with Crippen molar-refractivity contribution in [3.63, 3.8) is 0 Å². The molecule has 37 heavy (non-hydrogen) atoms. The fraction of sp³-hybridized carbons (Fsp3) is 0.467. The molecule has 0 radical (unpaired) electrons. The summed E-state index contributed by atoms with van der Waals surface area (Å²) in [5.41, 5.74) is 5.20. The minimum atomic E-state index is -0.00954. The molecule has 1 N–H and O–H groups in total. The molecule has 1 fully saturated rings. The molecule has 1 atom stereocenters. The summed E-state index contributed by atoms with van der Waals surface area (Å²) in [6.45, 7) is 9.85. The van der Waals surface area contributed by atoms with Crippen molar-refractivity contribution in [2.24, 2.45) is 5.92 Å². The number of benzene rings is 2. The summed E-state index contributed by atoms with van der Waals surface area (Å²) in [7, 11) is 0. The molecule has 0 aliphatic heterocycles. The smallest absolute Gasteiger partial charge is 0.252 e. The molecule has 4 aromatic rings. The number of nitrogens with zero attached hydrogens (tertiary/aromatic N) is 5. The molecule has 0 amide bonds. The fourth-order valence-electron chi connectivity index (χ4n) is 6.02. The summed E-state index contributed by atoms with van der Waals surface area (Å²) in [6.07, 6.45) is 5.97. The number of rotatable bonds is 8. The number of tetrazole rings is 1. The van der Waals surface area contributed by atoms with Crippen LogP contribution in [0.15, 0.2) is 53.3 Å².